The number of anilines is 2. The van der Waals surface area contributed by atoms with Crippen molar-refractivity contribution in [2.24, 2.45) is 5.92 Å². The van der Waals surface area contributed by atoms with Gasteiger partial charge >= 0.3 is 0 Å². The number of pyridine rings is 1. The van der Waals surface area contributed by atoms with Gasteiger partial charge in [0.1, 0.15) is 9.71 Å². The first-order valence-electron chi connectivity index (χ1n) is 7.35. The molecule has 0 unspecified atom stereocenters. The number of amides is 1. The number of thiazole rings is 1. The number of thiophene rings is 1. The van der Waals surface area contributed by atoms with Crippen LogP contribution in [0.3, 0.4) is 0 Å². The van der Waals surface area contributed by atoms with E-state index in [9.17, 15) is 4.79 Å². The average molecular weight is 346 g/mol. The molecule has 3 rings (SSSR count). The molecule has 3 N–H and O–H groups in total. The molecular weight excluding hydrogens is 328 g/mol. The second-order valence-corrected chi connectivity index (χ2v) is 7.70. The molecule has 23 heavy (non-hydrogen) atoms. The molecule has 0 aliphatic rings. The summed E-state index contributed by atoms with van der Waals surface area (Å²) in [6.45, 7) is 6.20. The molecule has 3 aromatic rings. The van der Waals surface area contributed by atoms with Crippen LogP contribution in [0.4, 0.5) is 10.8 Å². The van der Waals surface area contributed by atoms with Crippen LogP contribution in [0.2, 0.25) is 0 Å². The monoisotopic (exact) mass is 346 g/mol. The number of carbonyl (C=O) groups is 1. The van der Waals surface area contributed by atoms with Crippen LogP contribution in [0.25, 0.3) is 10.2 Å². The van der Waals surface area contributed by atoms with Gasteiger partial charge in [0.2, 0.25) is 0 Å². The second-order valence-electron chi connectivity index (χ2n) is 5.85. The molecule has 5 nitrogen and oxygen atoms in total. The number of fused-ring (bicyclic) bond motifs is 1. The van der Waals surface area contributed by atoms with Crippen molar-refractivity contribution in [2.75, 3.05) is 11.1 Å². The average Bonchev–Trinajstić information content (AvgIpc) is 3.02. The Morgan fingerprint density at radius 3 is 2.78 bits per heavy atom. The molecule has 0 saturated heterocycles. The fourth-order valence-corrected chi connectivity index (χ4v) is 3.99. The number of hydrogen-bond acceptors (Lipinski definition) is 6. The summed E-state index contributed by atoms with van der Waals surface area (Å²) >= 11 is 2.73. The molecule has 120 valence electrons. The SMILES string of the molecule is Cc1csc(NC(=O)c2sc3nc(CC(C)C)ccc3c2N)n1. The number of nitrogens with one attached hydrogen (secondary N) is 1. The van der Waals surface area contributed by atoms with Crippen molar-refractivity contribution >= 4 is 49.6 Å². The zero-order valence-corrected chi connectivity index (χ0v) is 14.8. The van der Waals surface area contributed by atoms with Crippen molar-refractivity contribution in [3.8, 4) is 0 Å². The van der Waals surface area contributed by atoms with Gasteiger partial charge in [0.25, 0.3) is 5.91 Å². The zero-order valence-electron chi connectivity index (χ0n) is 13.2. The fourth-order valence-electron chi connectivity index (χ4n) is 2.30. The lowest BCUT2D eigenvalue weighted by molar-refractivity contribution is 0.103. The van der Waals surface area contributed by atoms with E-state index in [1.165, 1.54) is 22.7 Å². The zero-order chi connectivity index (χ0) is 16.6. The van der Waals surface area contributed by atoms with E-state index in [0.29, 0.717) is 21.6 Å². The number of aryl methyl sites for hydroxylation is 1. The first-order chi connectivity index (χ1) is 10.9. The number of carbonyl (C=O) groups excluding carboxylic acids is 1. The largest absolute Gasteiger partial charge is 0.397 e. The Balaban J connectivity index is 1.91. The summed E-state index contributed by atoms with van der Waals surface area (Å²) in [5.74, 6) is 0.304. The van der Waals surface area contributed by atoms with Gasteiger partial charge < -0.3 is 5.73 Å². The van der Waals surface area contributed by atoms with Gasteiger partial charge in [0, 0.05) is 16.5 Å². The van der Waals surface area contributed by atoms with Crippen LogP contribution in [0.15, 0.2) is 17.5 Å². The third-order valence-electron chi connectivity index (χ3n) is 3.31. The molecule has 0 bridgehead atoms. The number of nitrogens with two attached hydrogens (primary N) is 1. The van der Waals surface area contributed by atoms with Crippen molar-refractivity contribution in [1.29, 1.82) is 0 Å². The van der Waals surface area contributed by atoms with Crippen LogP contribution in [-0.4, -0.2) is 15.9 Å². The van der Waals surface area contributed by atoms with Crippen molar-refractivity contribution in [3.05, 3.63) is 33.8 Å². The van der Waals surface area contributed by atoms with E-state index >= 15 is 0 Å². The summed E-state index contributed by atoms with van der Waals surface area (Å²) in [5.41, 5.74) is 8.54. The minimum atomic E-state index is -0.231. The van der Waals surface area contributed by atoms with Crippen LogP contribution < -0.4 is 11.1 Å². The summed E-state index contributed by atoms with van der Waals surface area (Å²) < 4.78 is 0. The van der Waals surface area contributed by atoms with E-state index in [4.69, 9.17) is 5.73 Å². The molecule has 0 atom stereocenters. The molecule has 1 amide bonds. The molecule has 7 heteroatoms. The Bertz CT molecular complexity index is 866. The third kappa shape index (κ3) is 3.35. The smallest absolute Gasteiger partial charge is 0.269 e. The molecule has 0 aliphatic carbocycles. The van der Waals surface area contributed by atoms with Crippen molar-refractivity contribution in [2.45, 2.75) is 27.2 Å². The molecule has 3 heterocycles. The van der Waals surface area contributed by atoms with Gasteiger partial charge in [-0.3, -0.25) is 10.1 Å². The molecule has 3 aromatic heterocycles. The van der Waals surface area contributed by atoms with Gasteiger partial charge in [-0.2, -0.15) is 0 Å². The normalized spacial score (nSPS) is 11.3. The Morgan fingerprint density at radius 1 is 1.35 bits per heavy atom. The fraction of sp³-hybridized carbons (Fsp3) is 0.312. The van der Waals surface area contributed by atoms with Gasteiger partial charge in [-0.1, -0.05) is 13.8 Å². The van der Waals surface area contributed by atoms with Gasteiger partial charge in [0.15, 0.2) is 5.13 Å². The topological polar surface area (TPSA) is 80.9 Å². The maximum Gasteiger partial charge on any atom is 0.269 e. The number of rotatable bonds is 4. The minimum Gasteiger partial charge on any atom is -0.397 e. The maximum absolute atomic E-state index is 12.4. The molecule has 0 aliphatic heterocycles. The lowest BCUT2D eigenvalue weighted by Gasteiger charge is -2.03. The summed E-state index contributed by atoms with van der Waals surface area (Å²) in [7, 11) is 0. The van der Waals surface area contributed by atoms with Crippen molar-refractivity contribution in [1.82, 2.24) is 9.97 Å². The van der Waals surface area contributed by atoms with E-state index in [2.05, 4.69) is 29.1 Å². The Hall–Kier alpha value is -1.99. The highest BCUT2D eigenvalue weighted by atomic mass is 32.1. The lowest BCUT2D eigenvalue weighted by Crippen LogP contribution is -2.11. The van der Waals surface area contributed by atoms with E-state index in [1.807, 2.05) is 24.4 Å². The molecule has 0 saturated carbocycles. The van der Waals surface area contributed by atoms with Gasteiger partial charge in [-0.15, -0.1) is 22.7 Å². The van der Waals surface area contributed by atoms with E-state index < -0.39 is 0 Å². The summed E-state index contributed by atoms with van der Waals surface area (Å²) in [6, 6.07) is 3.94. The molecule has 0 radical (unpaired) electrons. The number of nitrogens with zero attached hydrogens (tertiary/aromatic N) is 2. The lowest BCUT2D eigenvalue weighted by atomic mass is 10.1. The van der Waals surface area contributed by atoms with Gasteiger partial charge in [-0.05, 0) is 31.4 Å². The van der Waals surface area contributed by atoms with Crippen LogP contribution >= 0.6 is 22.7 Å². The first-order valence-corrected chi connectivity index (χ1v) is 9.05. The van der Waals surface area contributed by atoms with E-state index in [0.717, 1.165) is 28.0 Å². The highest BCUT2D eigenvalue weighted by Gasteiger charge is 2.18. The summed E-state index contributed by atoms with van der Waals surface area (Å²) in [5, 5.41) is 6.11. The number of aromatic nitrogens is 2. The molecule has 0 fully saturated rings. The summed E-state index contributed by atoms with van der Waals surface area (Å²) in [4.78, 5) is 22.6. The number of nitrogen functional groups attached to an aromatic ring is 1. The predicted molar refractivity (Wildman–Crippen MR) is 97.4 cm³/mol. The van der Waals surface area contributed by atoms with Crippen LogP contribution in [0, 0.1) is 12.8 Å². The minimum absolute atomic E-state index is 0.231. The third-order valence-corrected chi connectivity index (χ3v) is 5.30. The van der Waals surface area contributed by atoms with Gasteiger partial charge in [0.05, 0.1) is 11.4 Å². The maximum atomic E-state index is 12.4. The van der Waals surface area contributed by atoms with Crippen molar-refractivity contribution < 1.29 is 4.79 Å². The quantitative estimate of drug-likeness (QED) is 0.745. The van der Waals surface area contributed by atoms with E-state index in [-0.39, 0.29) is 5.91 Å². The second kappa shape index (κ2) is 6.25. The van der Waals surface area contributed by atoms with Gasteiger partial charge in [-0.25, -0.2) is 9.97 Å². The highest BCUT2D eigenvalue weighted by Crippen LogP contribution is 2.33. The predicted octanol–water partition coefficient (Wildman–Crippen LogP) is 4.09. The Morgan fingerprint density at radius 2 is 2.13 bits per heavy atom. The van der Waals surface area contributed by atoms with E-state index in [1.54, 1.807) is 0 Å². The van der Waals surface area contributed by atoms with Crippen LogP contribution in [0.5, 0.6) is 0 Å². The van der Waals surface area contributed by atoms with Crippen LogP contribution in [0.1, 0.15) is 34.9 Å². The number of hydrogen-bond donors (Lipinski definition) is 2. The Kier molecular flexibility index (Phi) is 4.32. The Labute approximate surface area is 142 Å². The molecular formula is C16H18N4OS2. The van der Waals surface area contributed by atoms with Crippen molar-refractivity contribution in [3.63, 3.8) is 0 Å². The summed E-state index contributed by atoms with van der Waals surface area (Å²) in [6.07, 6.45) is 0.910. The molecule has 0 aromatic carbocycles. The molecule has 0 spiro atoms. The van der Waals surface area contributed by atoms with Crippen LogP contribution in [-0.2, 0) is 6.42 Å². The first kappa shape index (κ1) is 15.9. The standard InChI is InChI=1S/C16H18N4OS2/c1-8(2)6-10-4-5-11-12(17)13(23-15(11)19-10)14(21)20-16-18-9(3)7-22-16/h4-5,7-8H,6,17H2,1-3H3,(H,18,20,21). The highest BCUT2D eigenvalue weighted by molar-refractivity contribution is 7.21.